The third-order valence-corrected chi connectivity index (χ3v) is 6.09. The quantitative estimate of drug-likeness (QED) is 0.782. The van der Waals surface area contributed by atoms with Crippen molar-refractivity contribution in [1.29, 1.82) is 0 Å². The van der Waals surface area contributed by atoms with Crippen molar-refractivity contribution in [2.75, 3.05) is 19.3 Å². The maximum atomic E-state index is 12.2. The lowest BCUT2D eigenvalue weighted by Gasteiger charge is -2.35. The van der Waals surface area contributed by atoms with E-state index in [2.05, 4.69) is 4.72 Å². The van der Waals surface area contributed by atoms with Crippen LogP contribution in [-0.2, 0) is 20.0 Å². The van der Waals surface area contributed by atoms with Gasteiger partial charge in [-0.15, -0.1) is 0 Å². The number of hydrogen-bond acceptors (Lipinski definition) is 4. The minimum Gasteiger partial charge on any atom is -0.214 e. The van der Waals surface area contributed by atoms with Crippen LogP contribution >= 0.6 is 0 Å². The van der Waals surface area contributed by atoms with Gasteiger partial charge in [-0.1, -0.05) is 6.42 Å². The van der Waals surface area contributed by atoms with E-state index in [0.29, 0.717) is 13.0 Å². The molecule has 1 unspecified atom stereocenters. The molecular formula is C10H22N2O4S2. The molecule has 1 fully saturated rings. The van der Waals surface area contributed by atoms with E-state index in [9.17, 15) is 16.8 Å². The summed E-state index contributed by atoms with van der Waals surface area (Å²) in [5, 5.41) is -0.476. The summed E-state index contributed by atoms with van der Waals surface area (Å²) >= 11 is 0. The van der Waals surface area contributed by atoms with E-state index in [1.165, 1.54) is 4.31 Å². The molecule has 1 N–H and O–H groups in total. The Balaban J connectivity index is 2.81. The second-order valence-corrected chi connectivity index (χ2v) is 9.25. The van der Waals surface area contributed by atoms with Gasteiger partial charge in [0, 0.05) is 19.1 Å². The van der Waals surface area contributed by atoms with Crippen LogP contribution in [0.15, 0.2) is 0 Å². The first-order valence-corrected chi connectivity index (χ1v) is 9.49. The van der Waals surface area contributed by atoms with Gasteiger partial charge < -0.3 is 0 Å². The molecule has 0 saturated carbocycles. The van der Waals surface area contributed by atoms with E-state index in [0.717, 1.165) is 19.1 Å². The van der Waals surface area contributed by atoms with Crippen molar-refractivity contribution < 1.29 is 16.8 Å². The van der Waals surface area contributed by atoms with Gasteiger partial charge in [0.05, 0.1) is 11.5 Å². The van der Waals surface area contributed by atoms with E-state index in [4.69, 9.17) is 0 Å². The molecule has 0 aliphatic carbocycles. The van der Waals surface area contributed by atoms with Crippen molar-refractivity contribution in [2.24, 2.45) is 0 Å². The molecule has 0 amide bonds. The van der Waals surface area contributed by atoms with Crippen molar-refractivity contribution in [3.8, 4) is 0 Å². The van der Waals surface area contributed by atoms with Crippen LogP contribution in [0.3, 0.4) is 0 Å². The molecule has 1 aliphatic heterocycles. The fraction of sp³-hybridized carbons (Fsp3) is 1.00. The molecule has 108 valence electrons. The zero-order valence-electron chi connectivity index (χ0n) is 11.1. The van der Waals surface area contributed by atoms with Gasteiger partial charge in [0.15, 0.2) is 0 Å². The topological polar surface area (TPSA) is 83.6 Å². The molecule has 0 aromatic rings. The maximum Gasteiger partial charge on any atom is 0.216 e. The molecule has 0 aromatic heterocycles. The van der Waals surface area contributed by atoms with Gasteiger partial charge in [0.2, 0.25) is 20.0 Å². The molecule has 1 heterocycles. The van der Waals surface area contributed by atoms with Crippen LogP contribution < -0.4 is 4.72 Å². The zero-order chi connectivity index (χ0) is 14.0. The summed E-state index contributed by atoms with van der Waals surface area (Å²) in [6.45, 7) is 3.93. The lowest BCUT2D eigenvalue weighted by atomic mass is 10.1. The van der Waals surface area contributed by atoms with Crippen LogP contribution in [0.5, 0.6) is 0 Å². The molecule has 0 bridgehead atoms. The van der Waals surface area contributed by atoms with Crippen LogP contribution in [0.25, 0.3) is 0 Å². The first kappa shape index (κ1) is 15.9. The maximum absolute atomic E-state index is 12.2. The molecule has 0 aromatic carbocycles. The molecular weight excluding hydrogens is 276 g/mol. The van der Waals surface area contributed by atoms with Gasteiger partial charge in [-0.25, -0.2) is 21.6 Å². The number of rotatable bonds is 5. The van der Waals surface area contributed by atoms with Crippen LogP contribution in [0.2, 0.25) is 0 Å². The highest BCUT2D eigenvalue weighted by molar-refractivity contribution is 7.89. The summed E-state index contributed by atoms with van der Waals surface area (Å²) in [4.78, 5) is 0. The van der Waals surface area contributed by atoms with Gasteiger partial charge in [-0.05, 0) is 26.7 Å². The number of hydrogen-bond donors (Lipinski definition) is 1. The van der Waals surface area contributed by atoms with E-state index in [1.54, 1.807) is 13.8 Å². The number of nitrogens with zero attached hydrogens (tertiary/aromatic N) is 1. The van der Waals surface area contributed by atoms with Crippen molar-refractivity contribution in [3.05, 3.63) is 0 Å². The Morgan fingerprint density at radius 2 is 1.83 bits per heavy atom. The molecule has 1 atom stereocenters. The minimum absolute atomic E-state index is 0.158. The highest BCUT2D eigenvalue weighted by atomic mass is 32.2. The van der Waals surface area contributed by atoms with Crippen LogP contribution in [-0.4, -0.2) is 51.8 Å². The molecule has 1 rings (SSSR count). The first-order valence-electron chi connectivity index (χ1n) is 6.10. The molecule has 0 spiro atoms. The van der Waals surface area contributed by atoms with Gasteiger partial charge in [-0.3, -0.25) is 0 Å². The Kier molecular flexibility index (Phi) is 5.16. The van der Waals surface area contributed by atoms with Crippen molar-refractivity contribution in [2.45, 2.75) is 44.4 Å². The van der Waals surface area contributed by atoms with Crippen molar-refractivity contribution in [3.63, 3.8) is 0 Å². The smallest absolute Gasteiger partial charge is 0.214 e. The highest BCUT2D eigenvalue weighted by Crippen LogP contribution is 2.22. The third-order valence-electron chi connectivity index (χ3n) is 3.08. The van der Waals surface area contributed by atoms with E-state index < -0.39 is 25.3 Å². The normalized spacial score (nSPS) is 23.4. The summed E-state index contributed by atoms with van der Waals surface area (Å²) in [5.74, 6) is 0. The van der Waals surface area contributed by atoms with Gasteiger partial charge in [0.25, 0.3) is 0 Å². The zero-order valence-corrected chi connectivity index (χ0v) is 12.7. The average molecular weight is 298 g/mol. The molecule has 1 aliphatic rings. The molecule has 18 heavy (non-hydrogen) atoms. The van der Waals surface area contributed by atoms with E-state index in [-0.39, 0.29) is 12.6 Å². The van der Waals surface area contributed by atoms with Crippen LogP contribution in [0.4, 0.5) is 0 Å². The Bertz CT molecular complexity index is 470. The number of sulfonamides is 2. The first-order chi connectivity index (χ1) is 8.14. The van der Waals surface area contributed by atoms with E-state index >= 15 is 0 Å². The minimum atomic E-state index is -3.32. The van der Waals surface area contributed by atoms with Gasteiger partial charge in [0.1, 0.15) is 0 Å². The highest BCUT2D eigenvalue weighted by Gasteiger charge is 2.34. The second kappa shape index (κ2) is 5.85. The summed E-state index contributed by atoms with van der Waals surface area (Å²) < 4.78 is 50.4. The molecule has 6 nitrogen and oxygen atoms in total. The Hall–Kier alpha value is -0.180. The average Bonchev–Trinajstić information content (AvgIpc) is 2.25. The predicted octanol–water partition coefficient (Wildman–Crippen LogP) is 0.128. The summed E-state index contributed by atoms with van der Waals surface area (Å²) in [5.41, 5.74) is 0. The Labute approximate surface area is 110 Å². The second-order valence-electron chi connectivity index (χ2n) is 4.97. The van der Waals surface area contributed by atoms with Crippen LogP contribution in [0.1, 0.15) is 33.1 Å². The fourth-order valence-electron chi connectivity index (χ4n) is 2.03. The largest absolute Gasteiger partial charge is 0.216 e. The lowest BCUT2D eigenvalue weighted by Crippen LogP contribution is -2.51. The Morgan fingerprint density at radius 3 is 2.33 bits per heavy atom. The standard InChI is InChI=1S/C10H22N2O4S2/c1-9(2)18(15,16)12-7-5-4-6-10(12)8-11-17(3,13)14/h9-11H,4-8H2,1-3H3. The summed E-state index contributed by atoms with van der Waals surface area (Å²) in [7, 11) is -6.60. The summed E-state index contributed by atoms with van der Waals surface area (Å²) in [6, 6.07) is -0.263. The van der Waals surface area contributed by atoms with Crippen molar-refractivity contribution >= 4 is 20.0 Å². The number of nitrogens with one attached hydrogen (secondary N) is 1. The predicted molar refractivity (Wildman–Crippen MR) is 71.2 cm³/mol. The lowest BCUT2D eigenvalue weighted by molar-refractivity contribution is 0.251. The SMILES string of the molecule is CC(C)S(=O)(=O)N1CCCCC1CNS(C)(=O)=O. The van der Waals surface area contributed by atoms with Gasteiger partial charge in [-0.2, -0.15) is 4.31 Å². The monoisotopic (exact) mass is 298 g/mol. The molecule has 1 saturated heterocycles. The Morgan fingerprint density at radius 1 is 1.22 bits per heavy atom. The fourth-order valence-corrected chi connectivity index (χ4v) is 4.05. The van der Waals surface area contributed by atoms with E-state index in [1.807, 2.05) is 0 Å². The molecule has 8 heteroatoms. The number of piperidine rings is 1. The van der Waals surface area contributed by atoms with Crippen LogP contribution in [0, 0.1) is 0 Å². The third kappa shape index (κ3) is 4.18. The van der Waals surface area contributed by atoms with Crippen molar-refractivity contribution in [1.82, 2.24) is 9.03 Å². The molecule has 0 radical (unpaired) electrons. The van der Waals surface area contributed by atoms with Gasteiger partial charge >= 0.3 is 0 Å². The summed E-state index contributed by atoms with van der Waals surface area (Å²) in [6.07, 6.45) is 3.55.